The maximum Gasteiger partial charge on any atom is 0.224 e. The number of likely N-dealkylation sites (tertiary alicyclic amines) is 1. The highest BCUT2D eigenvalue weighted by Gasteiger charge is 2.20. The molecule has 1 fully saturated rings. The first-order valence-electron chi connectivity index (χ1n) is 7.32. The predicted octanol–water partition coefficient (Wildman–Crippen LogP) is 1.08. The van der Waals surface area contributed by atoms with Gasteiger partial charge in [-0.15, -0.1) is 0 Å². The number of hydrogen-bond acceptors (Lipinski definition) is 3. The minimum Gasteiger partial charge on any atom is -0.356 e. The van der Waals surface area contributed by atoms with Crippen molar-refractivity contribution in [2.24, 2.45) is 11.8 Å². The number of piperidine rings is 1. The van der Waals surface area contributed by atoms with Crippen LogP contribution in [-0.4, -0.2) is 50.6 Å². The first kappa shape index (κ1) is 15.4. The molecule has 0 saturated carbocycles. The summed E-state index contributed by atoms with van der Waals surface area (Å²) in [5.41, 5.74) is 0. The van der Waals surface area contributed by atoms with Gasteiger partial charge in [-0.25, -0.2) is 0 Å². The molecular weight excluding hydrogens is 226 g/mol. The Labute approximate surface area is 111 Å². The standard InChI is InChI=1S/C14H29N3O/c1-4-7-17-8-5-13(6-9-17)11-16-14(18)12(2)10-15-3/h12-13,15H,4-11H2,1-3H3,(H,16,18). The van der Waals surface area contributed by atoms with E-state index < -0.39 is 0 Å². The van der Waals surface area contributed by atoms with E-state index in [1.54, 1.807) is 0 Å². The molecule has 1 saturated heterocycles. The van der Waals surface area contributed by atoms with Crippen LogP contribution in [0.5, 0.6) is 0 Å². The Bertz CT molecular complexity index is 237. The van der Waals surface area contributed by atoms with Gasteiger partial charge in [0.05, 0.1) is 0 Å². The molecule has 0 spiro atoms. The van der Waals surface area contributed by atoms with Crippen LogP contribution in [-0.2, 0) is 4.79 Å². The Kier molecular flexibility index (Phi) is 7.28. The van der Waals surface area contributed by atoms with E-state index in [4.69, 9.17) is 0 Å². The smallest absolute Gasteiger partial charge is 0.224 e. The van der Waals surface area contributed by atoms with Crippen molar-refractivity contribution in [1.82, 2.24) is 15.5 Å². The van der Waals surface area contributed by atoms with E-state index in [1.165, 1.54) is 38.9 Å². The Morgan fingerprint density at radius 3 is 2.61 bits per heavy atom. The van der Waals surface area contributed by atoms with Crippen LogP contribution >= 0.6 is 0 Å². The second-order valence-electron chi connectivity index (χ2n) is 5.49. The monoisotopic (exact) mass is 255 g/mol. The SMILES string of the molecule is CCCN1CCC(CNC(=O)C(C)CNC)CC1. The molecule has 1 aliphatic rings. The van der Waals surface area contributed by atoms with E-state index >= 15 is 0 Å². The predicted molar refractivity (Wildman–Crippen MR) is 75.6 cm³/mol. The third-order valence-corrected chi connectivity index (χ3v) is 3.77. The van der Waals surface area contributed by atoms with E-state index in [0.29, 0.717) is 5.92 Å². The molecule has 0 aliphatic carbocycles. The lowest BCUT2D eigenvalue weighted by Gasteiger charge is -2.31. The lowest BCUT2D eigenvalue weighted by Crippen LogP contribution is -2.41. The molecule has 1 aliphatic heterocycles. The lowest BCUT2D eigenvalue weighted by atomic mass is 9.96. The van der Waals surface area contributed by atoms with Gasteiger partial charge in [0.2, 0.25) is 5.91 Å². The summed E-state index contributed by atoms with van der Waals surface area (Å²) in [7, 11) is 1.88. The number of nitrogens with one attached hydrogen (secondary N) is 2. The van der Waals surface area contributed by atoms with Crippen LogP contribution in [0.4, 0.5) is 0 Å². The van der Waals surface area contributed by atoms with Gasteiger partial charge in [-0.3, -0.25) is 4.79 Å². The lowest BCUT2D eigenvalue weighted by molar-refractivity contribution is -0.124. The molecule has 1 amide bonds. The molecule has 2 N–H and O–H groups in total. The summed E-state index contributed by atoms with van der Waals surface area (Å²) in [5.74, 6) is 0.916. The summed E-state index contributed by atoms with van der Waals surface area (Å²) >= 11 is 0. The molecule has 1 unspecified atom stereocenters. The van der Waals surface area contributed by atoms with Crippen LogP contribution in [0.2, 0.25) is 0 Å². The van der Waals surface area contributed by atoms with E-state index in [-0.39, 0.29) is 11.8 Å². The van der Waals surface area contributed by atoms with E-state index in [0.717, 1.165) is 13.1 Å². The van der Waals surface area contributed by atoms with Crippen LogP contribution in [0.1, 0.15) is 33.1 Å². The minimum absolute atomic E-state index is 0.0650. The van der Waals surface area contributed by atoms with Crippen LogP contribution in [0.3, 0.4) is 0 Å². The molecular formula is C14H29N3O. The van der Waals surface area contributed by atoms with Gasteiger partial charge < -0.3 is 15.5 Å². The topological polar surface area (TPSA) is 44.4 Å². The maximum atomic E-state index is 11.8. The normalized spacial score (nSPS) is 19.7. The van der Waals surface area contributed by atoms with Crippen molar-refractivity contribution in [2.75, 3.05) is 39.8 Å². The van der Waals surface area contributed by atoms with E-state index in [9.17, 15) is 4.79 Å². The molecule has 4 nitrogen and oxygen atoms in total. The van der Waals surface area contributed by atoms with Crippen LogP contribution in [0, 0.1) is 11.8 Å². The minimum atomic E-state index is 0.0650. The zero-order valence-electron chi connectivity index (χ0n) is 12.2. The Hall–Kier alpha value is -0.610. The van der Waals surface area contributed by atoms with Crippen LogP contribution in [0.25, 0.3) is 0 Å². The summed E-state index contributed by atoms with van der Waals surface area (Å²) in [4.78, 5) is 14.3. The third-order valence-electron chi connectivity index (χ3n) is 3.77. The van der Waals surface area contributed by atoms with Crippen molar-refractivity contribution < 1.29 is 4.79 Å². The molecule has 4 heteroatoms. The molecule has 0 aromatic carbocycles. The van der Waals surface area contributed by atoms with Crippen molar-refractivity contribution in [3.8, 4) is 0 Å². The van der Waals surface area contributed by atoms with Crippen LogP contribution < -0.4 is 10.6 Å². The molecule has 1 atom stereocenters. The molecule has 106 valence electrons. The average molecular weight is 255 g/mol. The molecule has 0 aromatic heterocycles. The van der Waals surface area contributed by atoms with Crippen molar-refractivity contribution in [3.63, 3.8) is 0 Å². The van der Waals surface area contributed by atoms with Gasteiger partial charge >= 0.3 is 0 Å². The number of hydrogen-bond donors (Lipinski definition) is 2. The summed E-state index contributed by atoms with van der Waals surface area (Å²) in [6.07, 6.45) is 3.68. The Morgan fingerprint density at radius 1 is 1.39 bits per heavy atom. The zero-order chi connectivity index (χ0) is 13.4. The second-order valence-corrected chi connectivity index (χ2v) is 5.49. The quantitative estimate of drug-likeness (QED) is 0.715. The second kappa shape index (κ2) is 8.48. The third kappa shape index (κ3) is 5.36. The molecule has 0 aromatic rings. The summed E-state index contributed by atoms with van der Waals surface area (Å²) in [6, 6.07) is 0. The highest BCUT2D eigenvalue weighted by molar-refractivity contribution is 5.78. The number of rotatable bonds is 7. The molecule has 18 heavy (non-hydrogen) atoms. The number of carbonyl (C=O) groups is 1. The van der Waals surface area contributed by atoms with Crippen molar-refractivity contribution in [3.05, 3.63) is 0 Å². The first-order chi connectivity index (χ1) is 8.67. The van der Waals surface area contributed by atoms with Crippen molar-refractivity contribution in [2.45, 2.75) is 33.1 Å². The van der Waals surface area contributed by atoms with Crippen LogP contribution in [0.15, 0.2) is 0 Å². The maximum absolute atomic E-state index is 11.8. The largest absolute Gasteiger partial charge is 0.356 e. The fourth-order valence-corrected chi connectivity index (χ4v) is 2.55. The fourth-order valence-electron chi connectivity index (χ4n) is 2.55. The average Bonchev–Trinajstić information content (AvgIpc) is 2.38. The molecule has 0 radical (unpaired) electrons. The number of nitrogens with zero attached hydrogens (tertiary/aromatic N) is 1. The van der Waals surface area contributed by atoms with Gasteiger partial charge in [-0.2, -0.15) is 0 Å². The van der Waals surface area contributed by atoms with Gasteiger partial charge in [0, 0.05) is 19.0 Å². The highest BCUT2D eigenvalue weighted by atomic mass is 16.1. The summed E-state index contributed by atoms with van der Waals surface area (Å²) in [5, 5.41) is 6.12. The fraction of sp³-hybridized carbons (Fsp3) is 0.929. The van der Waals surface area contributed by atoms with Gasteiger partial charge in [-0.05, 0) is 51.9 Å². The van der Waals surface area contributed by atoms with Gasteiger partial charge in [0.15, 0.2) is 0 Å². The molecule has 1 heterocycles. The molecule has 0 bridgehead atoms. The zero-order valence-corrected chi connectivity index (χ0v) is 12.2. The summed E-state index contributed by atoms with van der Waals surface area (Å²) < 4.78 is 0. The van der Waals surface area contributed by atoms with E-state index in [1.807, 2.05) is 14.0 Å². The highest BCUT2D eigenvalue weighted by Crippen LogP contribution is 2.16. The van der Waals surface area contributed by atoms with Gasteiger partial charge in [-0.1, -0.05) is 13.8 Å². The summed E-state index contributed by atoms with van der Waals surface area (Å²) in [6.45, 7) is 9.41. The number of amides is 1. The Balaban J connectivity index is 2.15. The van der Waals surface area contributed by atoms with E-state index in [2.05, 4.69) is 22.5 Å². The number of carbonyl (C=O) groups excluding carboxylic acids is 1. The van der Waals surface area contributed by atoms with Crippen molar-refractivity contribution in [1.29, 1.82) is 0 Å². The Morgan fingerprint density at radius 2 is 2.06 bits per heavy atom. The van der Waals surface area contributed by atoms with Gasteiger partial charge in [0.1, 0.15) is 0 Å². The van der Waals surface area contributed by atoms with Gasteiger partial charge in [0.25, 0.3) is 0 Å². The van der Waals surface area contributed by atoms with Crippen molar-refractivity contribution >= 4 is 5.91 Å². The molecule has 1 rings (SSSR count). The first-order valence-corrected chi connectivity index (χ1v) is 7.32.